The topological polar surface area (TPSA) is 108 Å². The lowest BCUT2D eigenvalue weighted by Crippen LogP contribution is -2.55. The first-order valence-electron chi connectivity index (χ1n) is 7.36. The number of rotatable bonds is 4. The predicted octanol–water partition coefficient (Wildman–Crippen LogP) is 0.0423. The Bertz CT molecular complexity index is 462. The van der Waals surface area contributed by atoms with E-state index in [0.29, 0.717) is 12.8 Å². The highest BCUT2D eigenvalue weighted by atomic mass is 16.7. The summed E-state index contributed by atoms with van der Waals surface area (Å²) in [6, 6.07) is 0. The van der Waals surface area contributed by atoms with Gasteiger partial charge in [-0.25, -0.2) is 0 Å². The molecule has 1 aliphatic heterocycles. The molecule has 1 amide bonds. The van der Waals surface area contributed by atoms with Crippen molar-refractivity contribution >= 4 is 23.8 Å². The van der Waals surface area contributed by atoms with E-state index >= 15 is 0 Å². The smallest absolute Gasteiger partial charge is 0.333 e. The van der Waals surface area contributed by atoms with Crippen LogP contribution < -0.4 is 5.32 Å². The van der Waals surface area contributed by atoms with Gasteiger partial charge in [-0.2, -0.15) is 0 Å². The summed E-state index contributed by atoms with van der Waals surface area (Å²) < 4.78 is 15.1. The van der Waals surface area contributed by atoms with Crippen LogP contribution in [0.25, 0.3) is 0 Å². The van der Waals surface area contributed by atoms with Crippen LogP contribution in [-0.2, 0) is 33.4 Å². The van der Waals surface area contributed by atoms with Gasteiger partial charge >= 0.3 is 17.9 Å². The first kappa shape index (κ1) is 16.3. The summed E-state index contributed by atoms with van der Waals surface area (Å²) in [5.74, 6) is -6.35. The molecule has 122 valence electrons. The number of carbonyl (C=O) groups is 4. The average Bonchev–Trinajstić information content (AvgIpc) is 2.45. The largest absolute Gasteiger partial charge is 0.465 e. The van der Waals surface area contributed by atoms with Crippen molar-refractivity contribution in [1.82, 2.24) is 5.32 Å². The molecule has 1 N–H and O–H groups in total. The Hall–Kier alpha value is -2.12. The van der Waals surface area contributed by atoms with Crippen molar-refractivity contribution in [2.75, 3.05) is 13.2 Å². The molecule has 1 heterocycles. The Morgan fingerprint density at radius 3 is 2.32 bits per heavy atom. The van der Waals surface area contributed by atoms with Gasteiger partial charge in [-0.15, -0.1) is 0 Å². The summed E-state index contributed by atoms with van der Waals surface area (Å²) in [7, 11) is 0. The van der Waals surface area contributed by atoms with Crippen LogP contribution in [0.4, 0.5) is 0 Å². The lowest BCUT2D eigenvalue weighted by molar-refractivity contribution is -0.259. The predicted molar refractivity (Wildman–Crippen MR) is 71.1 cm³/mol. The van der Waals surface area contributed by atoms with Gasteiger partial charge in [0.05, 0.1) is 6.61 Å². The van der Waals surface area contributed by atoms with E-state index < -0.39 is 42.1 Å². The van der Waals surface area contributed by atoms with Crippen LogP contribution in [0.2, 0.25) is 0 Å². The van der Waals surface area contributed by atoms with Crippen molar-refractivity contribution in [2.45, 2.75) is 44.8 Å². The summed E-state index contributed by atoms with van der Waals surface area (Å²) in [6.07, 6.45) is 3.46. The first-order valence-corrected chi connectivity index (χ1v) is 7.36. The Labute approximate surface area is 127 Å². The molecule has 8 nitrogen and oxygen atoms in total. The molecule has 1 spiro atoms. The van der Waals surface area contributed by atoms with Gasteiger partial charge in [0, 0.05) is 12.8 Å². The first-order chi connectivity index (χ1) is 10.5. The fraction of sp³-hybridized carbons (Fsp3) is 0.714. The van der Waals surface area contributed by atoms with Gasteiger partial charge in [0.2, 0.25) is 11.8 Å². The lowest BCUT2D eigenvalue weighted by atomic mass is 9.92. The minimum absolute atomic E-state index is 0.171. The van der Waals surface area contributed by atoms with Crippen molar-refractivity contribution in [3.63, 3.8) is 0 Å². The molecular formula is C14H19NO7. The van der Waals surface area contributed by atoms with E-state index in [2.05, 4.69) is 10.1 Å². The number of hydrogen-bond donors (Lipinski definition) is 1. The Kier molecular flexibility index (Phi) is 4.99. The van der Waals surface area contributed by atoms with E-state index in [1.807, 2.05) is 0 Å². The van der Waals surface area contributed by atoms with Crippen LogP contribution in [0, 0.1) is 5.92 Å². The summed E-state index contributed by atoms with van der Waals surface area (Å²) in [5.41, 5.74) is 0. The molecule has 0 aromatic rings. The molecule has 8 heteroatoms. The third-order valence-electron chi connectivity index (χ3n) is 3.63. The number of hydrogen-bond acceptors (Lipinski definition) is 7. The van der Waals surface area contributed by atoms with Crippen LogP contribution >= 0.6 is 0 Å². The molecular weight excluding hydrogens is 294 g/mol. The highest BCUT2D eigenvalue weighted by Crippen LogP contribution is 2.37. The number of esters is 3. The lowest BCUT2D eigenvalue weighted by Gasteiger charge is -2.40. The summed E-state index contributed by atoms with van der Waals surface area (Å²) in [5, 5.41) is 2.17. The highest BCUT2D eigenvalue weighted by Gasteiger charge is 2.52. The van der Waals surface area contributed by atoms with Gasteiger partial charge in [0.15, 0.2) is 0 Å². The van der Waals surface area contributed by atoms with E-state index in [4.69, 9.17) is 9.47 Å². The van der Waals surface area contributed by atoms with Crippen LogP contribution in [-0.4, -0.2) is 42.8 Å². The standard InChI is InChI=1S/C14H19NO7/c1-2-20-9(16)8-15-11(17)10-12(18)21-14(22-13(10)19)6-4-3-5-7-14/h10H,2-8H2,1H3,(H,15,17). The number of amides is 1. The van der Waals surface area contributed by atoms with E-state index in [1.54, 1.807) is 6.92 Å². The monoisotopic (exact) mass is 313 g/mol. The minimum atomic E-state index is -1.69. The maximum absolute atomic E-state index is 12.0. The summed E-state index contributed by atoms with van der Waals surface area (Å²) >= 11 is 0. The zero-order valence-electron chi connectivity index (χ0n) is 12.4. The molecule has 1 saturated heterocycles. The van der Waals surface area contributed by atoms with Crippen LogP contribution in [0.1, 0.15) is 39.0 Å². The Morgan fingerprint density at radius 2 is 1.77 bits per heavy atom. The van der Waals surface area contributed by atoms with Crippen molar-refractivity contribution in [3.8, 4) is 0 Å². The van der Waals surface area contributed by atoms with E-state index in [-0.39, 0.29) is 6.61 Å². The van der Waals surface area contributed by atoms with Crippen molar-refractivity contribution < 1.29 is 33.4 Å². The zero-order chi connectivity index (χ0) is 16.2. The summed E-state index contributed by atoms with van der Waals surface area (Å²) in [6.45, 7) is 1.37. The minimum Gasteiger partial charge on any atom is -0.465 e. The molecule has 1 aliphatic carbocycles. The van der Waals surface area contributed by atoms with Gasteiger partial charge in [0.1, 0.15) is 6.54 Å². The normalized spacial score (nSPS) is 21.0. The molecule has 0 unspecified atom stereocenters. The zero-order valence-corrected chi connectivity index (χ0v) is 12.4. The van der Waals surface area contributed by atoms with E-state index in [0.717, 1.165) is 19.3 Å². The molecule has 22 heavy (non-hydrogen) atoms. The van der Waals surface area contributed by atoms with Gasteiger partial charge in [0.25, 0.3) is 5.79 Å². The molecule has 0 radical (unpaired) electrons. The second-order valence-electron chi connectivity index (χ2n) is 5.27. The molecule has 2 rings (SSSR count). The quantitative estimate of drug-likeness (QED) is 0.576. The van der Waals surface area contributed by atoms with Crippen molar-refractivity contribution in [3.05, 3.63) is 0 Å². The number of carbonyl (C=O) groups excluding carboxylic acids is 4. The third-order valence-corrected chi connectivity index (χ3v) is 3.63. The van der Waals surface area contributed by atoms with Crippen LogP contribution in [0.15, 0.2) is 0 Å². The third kappa shape index (κ3) is 3.55. The fourth-order valence-electron chi connectivity index (χ4n) is 2.58. The van der Waals surface area contributed by atoms with Gasteiger partial charge in [-0.05, 0) is 19.8 Å². The number of ether oxygens (including phenoxy) is 3. The molecule has 0 aromatic carbocycles. The molecule has 0 atom stereocenters. The maximum Gasteiger partial charge on any atom is 0.333 e. The van der Waals surface area contributed by atoms with Gasteiger partial charge in [-0.3, -0.25) is 19.2 Å². The van der Waals surface area contributed by atoms with E-state index in [1.165, 1.54) is 0 Å². The van der Waals surface area contributed by atoms with E-state index in [9.17, 15) is 19.2 Å². The second kappa shape index (κ2) is 6.76. The Morgan fingerprint density at radius 1 is 1.18 bits per heavy atom. The molecule has 2 fully saturated rings. The van der Waals surface area contributed by atoms with Crippen molar-refractivity contribution in [1.29, 1.82) is 0 Å². The average molecular weight is 313 g/mol. The number of nitrogens with one attached hydrogen (secondary N) is 1. The van der Waals surface area contributed by atoms with Crippen molar-refractivity contribution in [2.24, 2.45) is 5.92 Å². The SMILES string of the molecule is CCOC(=O)CNC(=O)C1C(=O)OC2(CCCCC2)OC1=O. The van der Waals surface area contributed by atoms with Gasteiger partial charge < -0.3 is 19.5 Å². The maximum atomic E-state index is 12.0. The Balaban J connectivity index is 1.95. The van der Waals surface area contributed by atoms with Crippen LogP contribution in [0.5, 0.6) is 0 Å². The second-order valence-corrected chi connectivity index (χ2v) is 5.27. The molecule has 2 aliphatic rings. The van der Waals surface area contributed by atoms with Crippen LogP contribution in [0.3, 0.4) is 0 Å². The molecule has 0 bridgehead atoms. The highest BCUT2D eigenvalue weighted by molar-refractivity contribution is 6.15. The van der Waals surface area contributed by atoms with Gasteiger partial charge in [-0.1, -0.05) is 6.42 Å². The molecule has 0 aromatic heterocycles. The fourth-order valence-corrected chi connectivity index (χ4v) is 2.58. The molecule has 1 saturated carbocycles. The summed E-state index contributed by atoms with van der Waals surface area (Å²) in [4.78, 5) is 47.0.